The molecule has 0 atom stereocenters. The standard InChI is InChI=1S/C14H16F4O5S/c1-2-3-4-5-6-7-8(19)23-13-9(15)11(17)14(24(20,21)22)12(18)10(13)16/h2-7H2,1H3,(H,20,21,22)/p-1. The van der Waals surface area contributed by atoms with Crippen LogP contribution in [0.5, 0.6) is 5.75 Å². The Morgan fingerprint density at radius 3 is 1.92 bits per heavy atom. The van der Waals surface area contributed by atoms with E-state index < -0.39 is 50.0 Å². The van der Waals surface area contributed by atoms with Crippen molar-refractivity contribution < 1.29 is 40.1 Å². The van der Waals surface area contributed by atoms with E-state index in [0.717, 1.165) is 19.3 Å². The second kappa shape index (κ2) is 8.43. The van der Waals surface area contributed by atoms with Gasteiger partial charge in [0.1, 0.15) is 15.0 Å². The van der Waals surface area contributed by atoms with Crippen molar-refractivity contribution in [3.8, 4) is 5.75 Å². The van der Waals surface area contributed by atoms with Gasteiger partial charge in [-0.15, -0.1) is 0 Å². The fourth-order valence-electron chi connectivity index (χ4n) is 1.94. The lowest BCUT2D eigenvalue weighted by molar-refractivity contribution is -0.135. The number of hydrogen-bond acceptors (Lipinski definition) is 5. The van der Waals surface area contributed by atoms with Crippen LogP contribution in [0.3, 0.4) is 0 Å². The molecular weight excluding hydrogens is 356 g/mol. The molecule has 0 unspecified atom stereocenters. The molecule has 0 aliphatic rings. The molecule has 0 amide bonds. The lowest BCUT2D eigenvalue weighted by Gasteiger charge is -2.14. The molecule has 0 aliphatic heterocycles. The van der Waals surface area contributed by atoms with Crippen LogP contribution in [-0.4, -0.2) is 18.9 Å². The summed E-state index contributed by atoms with van der Waals surface area (Å²) in [7, 11) is -5.80. The molecule has 0 heterocycles. The van der Waals surface area contributed by atoms with Crippen molar-refractivity contribution in [1.82, 2.24) is 0 Å². The SMILES string of the molecule is CCCCCCCC(=O)Oc1c(F)c(F)c(S(=O)(=O)[O-])c(F)c1F. The number of rotatable bonds is 8. The van der Waals surface area contributed by atoms with Gasteiger partial charge in [0.25, 0.3) is 0 Å². The Morgan fingerprint density at radius 1 is 0.958 bits per heavy atom. The first-order valence-electron chi connectivity index (χ1n) is 7.13. The van der Waals surface area contributed by atoms with Crippen LogP contribution in [0.1, 0.15) is 45.4 Å². The van der Waals surface area contributed by atoms with Crippen molar-refractivity contribution >= 4 is 16.1 Å². The summed E-state index contributed by atoms with van der Waals surface area (Å²) in [6, 6.07) is 0. The zero-order valence-corrected chi connectivity index (χ0v) is 13.5. The summed E-state index contributed by atoms with van der Waals surface area (Å²) in [6.45, 7) is 1.98. The molecule has 5 nitrogen and oxygen atoms in total. The summed E-state index contributed by atoms with van der Waals surface area (Å²) in [4.78, 5) is 9.18. The molecular formula is C14H15F4O5S-. The predicted octanol–water partition coefficient (Wildman–Crippen LogP) is 3.41. The molecule has 136 valence electrons. The molecule has 0 radical (unpaired) electrons. The van der Waals surface area contributed by atoms with E-state index in [4.69, 9.17) is 0 Å². The number of unbranched alkanes of at least 4 members (excludes halogenated alkanes) is 4. The van der Waals surface area contributed by atoms with E-state index in [1.165, 1.54) is 0 Å². The second-order valence-electron chi connectivity index (χ2n) is 5.01. The van der Waals surface area contributed by atoms with E-state index in [0.29, 0.717) is 12.8 Å². The topological polar surface area (TPSA) is 83.5 Å². The first-order valence-corrected chi connectivity index (χ1v) is 8.54. The number of esters is 1. The minimum Gasteiger partial charge on any atom is -0.744 e. The largest absolute Gasteiger partial charge is 0.744 e. The molecule has 0 saturated heterocycles. The highest BCUT2D eigenvalue weighted by molar-refractivity contribution is 7.85. The zero-order chi connectivity index (χ0) is 18.5. The summed E-state index contributed by atoms with van der Waals surface area (Å²) in [5.74, 6) is -12.2. The van der Waals surface area contributed by atoms with Crippen molar-refractivity contribution in [3.63, 3.8) is 0 Å². The van der Waals surface area contributed by atoms with Gasteiger partial charge in [-0.3, -0.25) is 4.79 Å². The summed E-state index contributed by atoms with van der Waals surface area (Å²) in [6.07, 6.45) is 3.51. The summed E-state index contributed by atoms with van der Waals surface area (Å²) < 4.78 is 90.5. The molecule has 1 rings (SSSR count). The first-order chi connectivity index (χ1) is 11.1. The van der Waals surface area contributed by atoms with Gasteiger partial charge in [-0.1, -0.05) is 32.6 Å². The molecule has 0 spiro atoms. The third kappa shape index (κ3) is 4.91. The Bertz CT molecular complexity index is 689. The number of hydrogen-bond donors (Lipinski definition) is 0. The van der Waals surface area contributed by atoms with E-state index in [2.05, 4.69) is 4.74 Å². The minimum absolute atomic E-state index is 0.243. The second-order valence-corrected chi connectivity index (χ2v) is 6.32. The van der Waals surface area contributed by atoms with Gasteiger partial charge in [-0.25, -0.2) is 17.2 Å². The molecule has 0 aliphatic carbocycles. The zero-order valence-electron chi connectivity index (χ0n) is 12.7. The van der Waals surface area contributed by atoms with Crippen LogP contribution in [0.4, 0.5) is 17.6 Å². The highest BCUT2D eigenvalue weighted by Crippen LogP contribution is 2.32. The van der Waals surface area contributed by atoms with Gasteiger partial charge in [-0.2, -0.15) is 8.78 Å². The van der Waals surface area contributed by atoms with Crippen molar-refractivity contribution in [2.45, 2.75) is 50.3 Å². The molecule has 10 heteroatoms. The molecule has 0 bridgehead atoms. The lowest BCUT2D eigenvalue weighted by atomic mass is 10.1. The third-order valence-electron chi connectivity index (χ3n) is 3.13. The van der Waals surface area contributed by atoms with Crippen molar-refractivity contribution in [2.24, 2.45) is 0 Å². The Labute approximate surface area is 136 Å². The predicted molar refractivity (Wildman–Crippen MR) is 73.2 cm³/mol. The lowest BCUT2D eigenvalue weighted by Crippen LogP contribution is -2.15. The van der Waals surface area contributed by atoms with Crippen LogP contribution in [0.15, 0.2) is 4.90 Å². The number of benzene rings is 1. The molecule has 24 heavy (non-hydrogen) atoms. The molecule has 0 saturated carbocycles. The number of carbonyl (C=O) groups excluding carboxylic acids is 1. The van der Waals surface area contributed by atoms with Crippen molar-refractivity contribution in [3.05, 3.63) is 23.3 Å². The van der Waals surface area contributed by atoms with Gasteiger partial charge in [0, 0.05) is 6.42 Å². The van der Waals surface area contributed by atoms with Gasteiger partial charge in [0.2, 0.25) is 17.4 Å². The summed E-state index contributed by atoms with van der Waals surface area (Å²) in [5, 5.41) is 0. The van der Waals surface area contributed by atoms with Crippen molar-refractivity contribution in [2.75, 3.05) is 0 Å². The highest BCUT2D eigenvalue weighted by atomic mass is 32.2. The van der Waals surface area contributed by atoms with Gasteiger partial charge in [0.15, 0.2) is 11.6 Å². The van der Waals surface area contributed by atoms with E-state index in [1.807, 2.05) is 6.92 Å². The van der Waals surface area contributed by atoms with Crippen LogP contribution < -0.4 is 4.74 Å². The number of ether oxygens (including phenoxy) is 1. The molecule has 0 fully saturated rings. The van der Waals surface area contributed by atoms with Gasteiger partial charge in [0.05, 0.1) is 0 Å². The van der Waals surface area contributed by atoms with Crippen LogP contribution in [0.25, 0.3) is 0 Å². The number of halogens is 4. The monoisotopic (exact) mass is 371 g/mol. The average molecular weight is 371 g/mol. The smallest absolute Gasteiger partial charge is 0.311 e. The Kier molecular flexibility index (Phi) is 7.15. The van der Waals surface area contributed by atoms with Crippen LogP contribution in [0, 0.1) is 23.3 Å². The van der Waals surface area contributed by atoms with Gasteiger partial charge < -0.3 is 9.29 Å². The Balaban J connectivity index is 2.96. The van der Waals surface area contributed by atoms with E-state index >= 15 is 0 Å². The average Bonchev–Trinajstić information content (AvgIpc) is 2.48. The molecule has 0 N–H and O–H groups in total. The van der Waals surface area contributed by atoms with E-state index in [1.54, 1.807) is 0 Å². The van der Waals surface area contributed by atoms with E-state index in [9.17, 15) is 35.3 Å². The molecule has 1 aromatic carbocycles. The fraction of sp³-hybridized carbons (Fsp3) is 0.500. The van der Waals surface area contributed by atoms with E-state index in [-0.39, 0.29) is 6.42 Å². The quantitative estimate of drug-likeness (QED) is 0.175. The maximum atomic E-state index is 13.6. The van der Waals surface area contributed by atoms with Crippen LogP contribution in [-0.2, 0) is 14.9 Å². The normalized spacial score (nSPS) is 11.6. The number of carbonyl (C=O) groups is 1. The van der Waals surface area contributed by atoms with Gasteiger partial charge in [-0.05, 0) is 6.42 Å². The molecule has 0 aromatic heterocycles. The first kappa shape index (κ1) is 20.4. The molecule has 1 aromatic rings. The van der Waals surface area contributed by atoms with Gasteiger partial charge >= 0.3 is 5.97 Å². The fourth-order valence-corrected chi connectivity index (χ4v) is 2.56. The highest BCUT2D eigenvalue weighted by Gasteiger charge is 2.31. The summed E-state index contributed by atoms with van der Waals surface area (Å²) in [5.41, 5.74) is 0. The Hall–Kier alpha value is -1.68. The maximum absolute atomic E-state index is 13.6. The minimum atomic E-state index is -5.80. The maximum Gasteiger partial charge on any atom is 0.311 e. The van der Waals surface area contributed by atoms with Crippen molar-refractivity contribution in [1.29, 1.82) is 0 Å². The summed E-state index contributed by atoms with van der Waals surface area (Å²) >= 11 is 0. The van der Waals surface area contributed by atoms with Crippen LogP contribution >= 0.6 is 0 Å². The Morgan fingerprint density at radius 2 is 1.46 bits per heavy atom. The van der Waals surface area contributed by atoms with Crippen LogP contribution in [0.2, 0.25) is 0 Å². The third-order valence-corrected chi connectivity index (χ3v) is 3.99.